The Balaban J connectivity index is 2.02. The number of nitrogens with zero attached hydrogens (tertiary/aromatic N) is 2. The van der Waals surface area contributed by atoms with Crippen molar-refractivity contribution in [2.45, 2.75) is 31.4 Å². The minimum atomic E-state index is 0.0674. The topological polar surface area (TPSA) is 59.2 Å². The van der Waals surface area contributed by atoms with Crippen LogP contribution in [0, 0.1) is 0 Å². The van der Waals surface area contributed by atoms with Crippen LogP contribution in [0.3, 0.4) is 0 Å². The lowest BCUT2D eigenvalue weighted by molar-refractivity contribution is 0.0759. The van der Waals surface area contributed by atoms with E-state index in [0.717, 1.165) is 36.7 Å². The van der Waals surface area contributed by atoms with Crippen LogP contribution < -0.4 is 5.73 Å². The third-order valence-corrected chi connectivity index (χ3v) is 5.53. The predicted molar refractivity (Wildman–Crippen MR) is 81.9 cm³/mol. The van der Waals surface area contributed by atoms with E-state index >= 15 is 0 Å². The van der Waals surface area contributed by atoms with Crippen LogP contribution in [-0.2, 0) is 6.42 Å². The van der Waals surface area contributed by atoms with Gasteiger partial charge in [0, 0.05) is 35.4 Å². The molecule has 0 unspecified atom stereocenters. The largest absolute Gasteiger partial charge is 0.336 e. The molecule has 6 heteroatoms. The van der Waals surface area contributed by atoms with Gasteiger partial charge in [0.25, 0.3) is 5.91 Å². The molecule has 0 aliphatic carbocycles. The summed E-state index contributed by atoms with van der Waals surface area (Å²) in [6.07, 6.45) is 1.78. The SMILES string of the molecule is CC1(C)CCN(C(=O)c2csc(CCN)n2)CCS1. The molecule has 1 aromatic heterocycles. The van der Waals surface area contributed by atoms with Crippen molar-refractivity contribution in [3.8, 4) is 0 Å². The molecule has 0 spiro atoms. The van der Waals surface area contributed by atoms with E-state index in [4.69, 9.17) is 5.73 Å². The first-order valence-corrected chi connectivity index (χ1v) is 8.46. The van der Waals surface area contributed by atoms with E-state index in [0.29, 0.717) is 12.2 Å². The van der Waals surface area contributed by atoms with E-state index in [1.807, 2.05) is 22.0 Å². The van der Waals surface area contributed by atoms with Crippen molar-refractivity contribution < 1.29 is 4.79 Å². The molecule has 0 aromatic carbocycles. The number of thioether (sulfide) groups is 1. The number of amides is 1. The number of hydrogen-bond acceptors (Lipinski definition) is 5. The maximum Gasteiger partial charge on any atom is 0.273 e. The smallest absolute Gasteiger partial charge is 0.273 e. The highest BCUT2D eigenvalue weighted by Crippen LogP contribution is 2.31. The van der Waals surface area contributed by atoms with Crippen LogP contribution in [0.15, 0.2) is 5.38 Å². The Kier molecular flexibility index (Phi) is 4.86. The lowest BCUT2D eigenvalue weighted by atomic mass is 10.1. The van der Waals surface area contributed by atoms with Crippen LogP contribution in [0.5, 0.6) is 0 Å². The molecule has 19 heavy (non-hydrogen) atoms. The second-order valence-electron chi connectivity index (χ2n) is 5.32. The molecule has 1 amide bonds. The standard InChI is InChI=1S/C13H21N3OS2/c1-13(2)4-6-16(7-8-19-13)12(17)10-9-18-11(15-10)3-5-14/h9H,3-8,14H2,1-2H3. The van der Waals surface area contributed by atoms with E-state index < -0.39 is 0 Å². The van der Waals surface area contributed by atoms with Gasteiger partial charge in [-0.15, -0.1) is 11.3 Å². The van der Waals surface area contributed by atoms with Gasteiger partial charge in [-0.1, -0.05) is 13.8 Å². The molecule has 4 nitrogen and oxygen atoms in total. The van der Waals surface area contributed by atoms with Crippen molar-refractivity contribution in [1.29, 1.82) is 0 Å². The molecule has 2 N–H and O–H groups in total. The van der Waals surface area contributed by atoms with Crippen molar-refractivity contribution in [2.75, 3.05) is 25.4 Å². The molecule has 1 aliphatic rings. The number of rotatable bonds is 3. The molecule has 1 aliphatic heterocycles. The van der Waals surface area contributed by atoms with Crippen LogP contribution in [0.25, 0.3) is 0 Å². The van der Waals surface area contributed by atoms with E-state index in [9.17, 15) is 4.79 Å². The van der Waals surface area contributed by atoms with E-state index in [-0.39, 0.29) is 10.7 Å². The number of carbonyl (C=O) groups excluding carboxylic acids is 1. The van der Waals surface area contributed by atoms with Gasteiger partial charge in [-0.3, -0.25) is 4.79 Å². The summed E-state index contributed by atoms with van der Waals surface area (Å²) in [5.74, 6) is 1.07. The number of carbonyl (C=O) groups is 1. The number of nitrogens with two attached hydrogens (primary N) is 1. The van der Waals surface area contributed by atoms with Crippen molar-refractivity contribution in [2.24, 2.45) is 5.73 Å². The Morgan fingerprint density at radius 1 is 1.53 bits per heavy atom. The third kappa shape index (κ3) is 3.94. The first-order valence-electron chi connectivity index (χ1n) is 6.59. The van der Waals surface area contributed by atoms with Gasteiger partial charge >= 0.3 is 0 Å². The Morgan fingerprint density at radius 2 is 2.32 bits per heavy atom. The van der Waals surface area contributed by atoms with Gasteiger partial charge in [0.05, 0.1) is 5.01 Å². The molecule has 2 rings (SSSR count). The lowest BCUT2D eigenvalue weighted by Crippen LogP contribution is -2.33. The average molecular weight is 299 g/mol. The molecular weight excluding hydrogens is 278 g/mol. The fraction of sp³-hybridized carbons (Fsp3) is 0.692. The van der Waals surface area contributed by atoms with Gasteiger partial charge in [-0.2, -0.15) is 11.8 Å². The molecule has 1 fully saturated rings. The van der Waals surface area contributed by atoms with Crippen LogP contribution >= 0.6 is 23.1 Å². The van der Waals surface area contributed by atoms with Crippen molar-refractivity contribution >= 4 is 29.0 Å². The highest BCUT2D eigenvalue weighted by Gasteiger charge is 2.27. The summed E-state index contributed by atoms with van der Waals surface area (Å²) in [5.41, 5.74) is 6.09. The fourth-order valence-corrected chi connectivity index (χ4v) is 3.92. The average Bonchev–Trinajstić information content (AvgIpc) is 2.74. The highest BCUT2D eigenvalue weighted by atomic mass is 32.2. The summed E-state index contributed by atoms with van der Waals surface area (Å²) in [5, 5.41) is 2.81. The zero-order valence-corrected chi connectivity index (χ0v) is 13.1. The minimum Gasteiger partial charge on any atom is -0.336 e. The number of aromatic nitrogens is 1. The summed E-state index contributed by atoms with van der Waals surface area (Å²) < 4.78 is 0.266. The van der Waals surface area contributed by atoms with E-state index in [2.05, 4.69) is 18.8 Å². The highest BCUT2D eigenvalue weighted by molar-refractivity contribution is 8.00. The number of hydrogen-bond donors (Lipinski definition) is 1. The molecule has 0 saturated carbocycles. The first-order chi connectivity index (χ1) is 9.02. The van der Waals surface area contributed by atoms with Crippen molar-refractivity contribution in [3.05, 3.63) is 16.1 Å². The normalized spacial score (nSPS) is 19.2. The monoisotopic (exact) mass is 299 g/mol. The molecular formula is C13H21N3OS2. The van der Waals surface area contributed by atoms with Crippen LogP contribution in [0.4, 0.5) is 0 Å². The maximum absolute atomic E-state index is 12.4. The van der Waals surface area contributed by atoms with Crippen LogP contribution in [0.2, 0.25) is 0 Å². The lowest BCUT2D eigenvalue weighted by Gasteiger charge is -2.22. The maximum atomic E-state index is 12.4. The molecule has 106 valence electrons. The fourth-order valence-electron chi connectivity index (χ4n) is 2.03. The minimum absolute atomic E-state index is 0.0674. The second kappa shape index (κ2) is 6.24. The molecule has 1 saturated heterocycles. The zero-order chi connectivity index (χ0) is 13.9. The van der Waals surface area contributed by atoms with Crippen LogP contribution in [-0.4, -0.2) is 45.9 Å². The Hall–Kier alpha value is -0.590. The Labute approximate surface area is 122 Å². The summed E-state index contributed by atoms with van der Waals surface area (Å²) in [6, 6.07) is 0. The molecule has 0 bridgehead atoms. The van der Waals surface area contributed by atoms with Gasteiger partial charge < -0.3 is 10.6 Å². The Bertz CT molecular complexity index is 445. The summed E-state index contributed by atoms with van der Waals surface area (Å²) in [4.78, 5) is 18.7. The van der Waals surface area contributed by atoms with Crippen molar-refractivity contribution in [3.63, 3.8) is 0 Å². The Morgan fingerprint density at radius 3 is 3.05 bits per heavy atom. The van der Waals surface area contributed by atoms with Gasteiger partial charge in [-0.25, -0.2) is 4.98 Å². The number of thiazole rings is 1. The summed E-state index contributed by atoms with van der Waals surface area (Å²) in [6.45, 7) is 6.70. The third-order valence-electron chi connectivity index (χ3n) is 3.25. The first kappa shape index (κ1) is 14.8. The van der Waals surface area contributed by atoms with E-state index in [1.165, 1.54) is 11.3 Å². The quantitative estimate of drug-likeness (QED) is 0.927. The predicted octanol–water partition coefficient (Wildman–Crippen LogP) is 2.00. The van der Waals surface area contributed by atoms with Crippen LogP contribution in [0.1, 0.15) is 35.8 Å². The van der Waals surface area contributed by atoms with Gasteiger partial charge in [0.2, 0.25) is 0 Å². The van der Waals surface area contributed by atoms with Gasteiger partial charge in [-0.05, 0) is 13.0 Å². The molecule has 0 radical (unpaired) electrons. The molecule has 0 atom stereocenters. The molecule has 2 heterocycles. The van der Waals surface area contributed by atoms with Crippen molar-refractivity contribution in [1.82, 2.24) is 9.88 Å². The summed E-state index contributed by atoms with van der Waals surface area (Å²) in [7, 11) is 0. The zero-order valence-electron chi connectivity index (χ0n) is 11.5. The second-order valence-corrected chi connectivity index (χ2v) is 8.06. The van der Waals surface area contributed by atoms with Gasteiger partial charge in [0.1, 0.15) is 5.69 Å². The molecule has 1 aromatic rings. The van der Waals surface area contributed by atoms with Gasteiger partial charge in [0.15, 0.2) is 0 Å². The summed E-state index contributed by atoms with van der Waals surface area (Å²) >= 11 is 3.47. The van der Waals surface area contributed by atoms with E-state index in [1.54, 1.807) is 0 Å².